The number of ether oxygens (including phenoxy) is 1. The van der Waals surface area contributed by atoms with Crippen molar-refractivity contribution in [1.82, 2.24) is 15.2 Å². The number of nitrogens with one attached hydrogen (secondary N) is 1. The zero-order valence-electron chi connectivity index (χ0n) is 14.9. The van der Waals surface area contributed by atoms with Crippen molar-refractivity contribution in [2.24, 2.45) is 0 Å². The highest BCUT2D eigenvalue weighted by molar-refractivity contribution is 5.97. The van der Waals surface area contributed by atoms with Crippen molar-refractivity contribution in [3.05, 3.63) is 59.8 Å². The van der Waals surface area contributed by atoms with Crippen LogP contribution in [0.3, 0.4) is 0 Å². The van der Waals surface area contributed by atoms with Crippen LogP contribution in [0.25, 0.3) is 0 Å². The van der Waals surface area contributed by atoms with Gasteiger partial charge in [-0.2, -0.15) is 0 Å². The van der Waals surface area contributed by atoms with Gasteiger partial charge in [-0.1, -0.05) is 24.3 Å². The molecule has 0 radical (unpaired) electrons. The second-order valence-corrected chi connectivity index (χ2v) is 6.27. The second kappa shape index (κ2) is 8.47. The third kappa shape index (κ3) is 4.20. The monoisotopic (exact) mass is 353 g/mol. The maximum atomic E-state index is 12.8. The first-order valence-corrected chi connectivity index (χ1v) is 8.82. The van der Waals surface area contributed by atoms with Crippen molar-refractivity contribution in [2.45, 2.75) is 31.8 Å². The fourth-order valence-electron chi connectivity index (χ4n) is 3.16. The van der Waals surface area contributed by atoms with Crippen LogP contribution in [-0.4, -0.2) is 41.4 Å². The molecule has 1 unspecified atom stereocenters. The fraction of sp³-hybridized carbons (Fsp3) is 0.350. The molecule has 1 aromatic heterocycles. The average molecular weight is 353 g/mol. The first-order chi connectivity index (χ1) is 12.7. The molecule has 2 aromatic rings. The van der Waals surface area contributed by atoms with Crippen molar-refractivity contribution in [2.75, 3.05) is 13.7 Å². The molecule has 0 spiro atoms. The first-order valence-electron chi connectivity index (χ1n) is 8.82. The van der Waals surface area contributed by atoms with Crippen molar-refractivity contribution >= 4 is 11.8 Å². The Bertz CT molecular complexity index is 764. The highest BCUT2D eigenvalue weighted by Crippen LogP contribution is 2.20. The molecule has 6 nitrogen and oxygen atoms in total. The van der Waals surface area contributed by atoms with E-state index in [0.717, 1.165) is 18.5 Å². The predicted octanol–water partition coefficient (Wildman–Crippen LogP) is 2.40. The summed E-state index contributed by atoms with van der Waals surface area (Å²) < 4.78 is 5.10. The summed E-state index contributed by atoms with van der Waals surface area (Å²) in [5, 5.41) is 2.91. The summed E-state index contributed by atoms with van der Waals surface area (Å²) in [6, 6.07) is 14.1. The summed E-state index contributed by atoms with van der Waals surface area (Å²) in [4.78, 5) is 31.5. The van der Waals surface area contributed by atoms with Crippen LogP contribution in [0.15, 0.2) is 48.5 Å². The molecule has 0 saturated carbocycles. The van der Waals surface area contributed by atoms with Crippen LogP contribution in [0, 0.1) is 0 Å². The van der Waals surface area contributed by atoms with Gasteiger partial charge in [-0.15, -0.1) is 0 Å². The zero-order chi connectivity index (χ0) is 18.4. The minimum atomic E-state index is -0.443. The number of nitrogens with zero attached hydrogens (tertiary/aromatic N) is 2. The summed E-state index contributed by atoms with van der Waals surface area (Å²) in [5.41, 5.74) is 1.33. The number of rotatable bonds is 5. The molecule has 6 heteroatoms. The quantitative estimate of drug-likeness (QED) is 0.896. The smallest absolute Gasteiger partial charge is 0.254 e. The number of benzene rings is 1. The Morgan fingerprint density at radius 3 is 2.73 bits per heavy atom. The Morgan fingerprint density at radius 1 is 1.15 bits per heavy atom. The molecular weight excluding hydrogens is 330 g/mol. The fourth-order valence-corrected chi connectivity index (χ4v) is 3.16. The largest absolute Gasteiger partial charge is 0.481 e. The lowest BCUT2D eigenvalue weighted by Gasteiger charge is -2.34. The van der Waals surface area contributed by atoms with E-state index in [4.69, 9.17) is 4.74 Å². The minimum absolute atomic E-state index is 0.0926. The number of piperidine rings is 1. The normalized spacial score (nSPS) is 16.8. The highest BCUT2D eigenvalue weighted by atomic mass is 16.5. The van der Waals surface area contributed by atoms with Gasteiger partial charge in [-0.25, -0.2) is 4.98 Å². The molecule has 1 aliphatic rings. The van der Waals surface area contributed by atoms with Gasteiger partial charge in [0.15, 0.2) is 0 Å². The molecule has 0 bridgehead atoms. The number of amides is 2. The van der Waals surface area contributed by atoms with E-state index in [1.165, 1.54) is 0 Å². The van der Waals surface area contributed by atoms with Gasteiger partial charge in [0.05, 0.1) is 19.3 Å². The molecule has 2 heterocycles. The Hall–Kier alpha value is -2.89. The molecule has 2 amide bonds. The number of pyridine rings is 1. The van der Waals surface area contributed by atoms with Crippen LogP contribution in [-0.2, 0) is 11.3 Å². The number of likely N-dealkylation sites (tertiary alicyclic amines) is 1. The van der Waals surface area contributed by atoms with Crippen molar-refractivity contribution in [3.8, 4) is 5.88 Å². The number of carbonyl (C=O) groups is 2. The summed E-state index contributed by atoms with van der Waals surface area (Å²) in [7, 11) is 1.56. The number of hydrogen-bond acceptors (Lipinski definition) is 4. The summed E-state index contributed by atoms with van der Waals surface area (Å²) in [6.07, 6.45) is 2.53. The van der Waals surface area contributed by atoms with Gasteiger partial charge in [0, 0.05) is 18.2 Å². The second-order valence-electron chi connectivity index (χ2n) is 6.27. The third-order valence-electron chi connectivity index (χ3n) is 4.52. The van der Waals surface area contributed by atoms with Crippen LogP contribution in [0.5, 0.6) is 5.88 Å². The molecule has 1 atom stereocenters. The van der Waals surface area contributed by atoms with Crippen LogP contribution in [0.4, 0.5) is 0 Å². The van der Waals surface area contributed by atoms with Gasteiger partial charge in [-0.05, 0) is 37.5 Å². The molecule has 3 rings (SSSR count). The van der Waals surface area contributed by atoms with E-state index in [0.29, 0.717) is 31.0 Å². The van der Waals surface area contributed by atoms with Crippen LogP contribution in [0.1, 0.15) is 35.3 Å². The van der Waals surface area contributed by atoms with E-state index >= 15 is 0 Å². The zero-order valence-corrected chi connectivity index (χ0v) is 14.9. The molecule has 136 valence electrons. The minimum Gasteiger partial charge on any atom is -0.481 e. The molecular formula is C20H23N3O3. The number of aromatic nitrogens is 1. The first kappa shape index (κ1) is 17.9. The molecule has 1 aliphatic heterocycles. The number of methoxy groups -OCH3 is 1. The van der Waals surface area contributed by atoms with E-state index in [9.17, 15) is 9.59 Å². The van der Waals surface area contributed by atoms with Crippen LogP contribution >= 0.6 is 0 Å². The third-order valence-corrected chi connectivity index (χ3v) is 4.52. The summed E-state index contributed by atoms with van der Waals surface area (Å²) in [5.74, 6) is 0.277. The molecule has 1 N–H and O–H groups in total. The van der Waals surface area contributed by atoms with Crippen LogP contribution < -0.4 is 10.1 Å². The Kier molecular flexibility index (Phi) is 5.84. The standard InChI is InChI=1S/C20H23N3O3/c1-26-18-12-7-10-16(22-18)14-21-19(24)17-11-5-6-13-23(17)20(25)15-8-3-2-4-9-15/h2-4,7-10,12,17H,5-6,11,13-14H2,1H3,(H,21,24). The lowest BCUT2D eigenvalue weighted by Crippen LogP contribution is -2.51. The topological polar surface area (TPSA) is 71.5 Å². The van der Waals surface area contributed by atoms with E-state index in [1.807, 2.05) is 30.3 Å². The maximum Gasteiger partial charge on any atom is 0.254 e. The molecule has 26 heavy (non-hydrogen) atoms. The van der Waals surface area contributed by atoms with E-state index in [1.54, 1.807) is 30.2 Å². The molecule has 1 aromatic carbocycles. The van der Waals surface area contributed by atoms with Gasteiger partial charge in [0.25, 0.3) is 5.91 Å². The Morgan fingerprint density at radius 2 is 1.96 bits per heavy atom. The van der Waals surface area contributed by atoms with Gasteiger partial charge in [0.1, 0.15) is 6.04 Å². The molecule has 1 saturated heterocycles. The van der Waals surface area contributed by atoms with Gasteiger partial charge >= 0.3 is 0 Å². The highest BCUT2D eigenvalue weighted by Gasteiger charge is 2.32. The van der Waals surface area contributed by atoms with E-state index in [-0.39, 0.29) is 11.8 Å². The summed E-state index contributed by atoms with van der Waals surface area (Å²) >= 11 is 0. The number of carbonyl (C=O) groups excluding carboxylic acids is 2. The maximum absolute atomic E-state index is 12.8. The average Bonchev–Trinajstić information content (AvgIpc) is 2.72. The van der Waals surface area contributed by atoms with Crippen LogP contribution in [0.2, 0.25) is 0 Å². The predicted molar refractivity (Wildman–Crippen MR) is 97.8 cm³/mol. The van der Waals surface area contributed by atoms with Gasteiger partial charge in [0.2, 0.25) is 11.8 Å². The summed E-state index contributed by atoms with van der Waals surface area (Å²) in [6.45, 7) is 0.906. The van der Waals surface area contributed by atoms with Crippen molar-refractivity contribution < 1.29 is 14.3 Å². The van der Waals surface area contributed by atoms with E-state index in [2.05, 4.69) is 10.3 Å². The Balaban J connectivity index is 1.66. The van der Waals surface area contributed by atoms with Crippen molar-refractivity contribution in [3.63, 3.8) is 0 Å². The number of hydrogen-bond donors (Lipinski definition) is 1. The lowest BCUT2D eigenvalue weighted by atomic mass is 10.00. The molecule has 0 aliphatic carbocycles. The van der Waals surface area contributed by atoms with Crippen molar-refractivity contribution in [1.29, 1.82) is 0 Å². The van der Waals surface area contributed by atoms with Gasteiger partial charge < -0.3 is 15.0 Å². The Labute approximate surface area is 153 Å². The SMILES string of the molecule is COc1cccc(CNC(=O)C2CCCCN2C(=O)c2ccccc2)n1. The van der Waals surface area contributed by atoms with Gasteiger partial charge in [-0.3, -0.25) is 9.59 Å². The lowest BCUT2D eigenvalue weighted by molar-refractivity contribution is -0.126. The molecule has 1 fully saturated rings. The van der Waals surface area contributed by atoms with E-state index < -0.39 is 6.04 Å².